The maximum Gasteiger partial charge on any atom is 0.235 e. The predicted molar refractivity (Wildman–Crippen MR) is 59.0 cm³/mol. The van der Waals surface area contributed by atoms with Crippen molar-refractivity contribution in [2.24, 2.45) is 0 Å². The van der Waals surface area contributed by atoms with Gasteiger partial charge in [0.15, 0.2) is 0 Å². The molecule has 4 heteroatoms. The Morgan fingerprint density at radius 3 is 2.73 bits per heavy atom. The Morgan fingerprint density at radius 1 is 1.40 bits per heavy atom. The van der Waals surface area contributed by atoms with Crippen LogP contribution < -0.4 is 33.3 Å². The largest absolute Gasteiger partial charge is 1.00 e. The summed E-state index contributed by atoms with van der Waals surface area (Å²) in [5, 5.41) is 1.34. The van der Waals surface area contributed by atoms with Gasteiger partial charge >= 0.3 is 0 Å². The van der Waals surface area contributed by atoms with E-state index in [1.54, 1.807) is 7.11 Å². The molecule has 0 radical (unpaired) electrons. The molecule has 15 heavy (non-hydrogen) atoms. The van der Waals surface area contributed by atoms with Crippen LogP contribution in [0.15, 0.2) is 18.2 Å². The van der Waals surface area contributed by atoms with Gasteiger partial charge in [-0.2, -0.15) is 4.57 Å². The van der Waals surface area contributed by atoms with E-state index < -0.39 is 0 Å². The number of ether oxygens (including phenoxy) is 1. The summed E-state index contributed by atoms with van der Waals surface area (Å²) in [6, 6.07) is 6.23. The smallest absolute Gasteiger partial charge is 0.235 e. The molecule has 2 nitrogen and oxygen atoms in total. The Kier molecular flexibility index (Phi) is 4.33. The molecule has 1 heterocycles. The minimum Gasteiger partial charge on any atom is -1.00 e. The molecule has 0 fully saturated rings. The normalized spacial score (nSPS) is 10.1. The zero-order valence-electron chi connectivity index (χ0n) is 9.08. The summed E-state index contributed by atoms with van der Waals surface area (Å²) < 4.78 is 8.85. The van der Waals surface area contributed by atoms with E-state index in [1.807, 2.05) is 17.4 Å². The number of hydrogen-bond acceptors (Lipinski definition) is 2. The number of methoxy groups -OCH3 is 1. The Bertz CT molecular complexity index is 467. The van der Waals surface area contributed by atoms with E-state index in [4.69, 9.17) is 4.74 Å². The fourth-order valence-corrected chi connectivity index (χ4v) is 2.76. The van der Waals surface area contributed by atoms with E-state index in [-0.39, 0.29) is 24.0 Å². The SMILES string of the molecule is CC[n+]1c(C)sc2ccc(OC)cc21.[I-]. The number of aromatic nitrogens is 1. The first-order valence-corrected chi connectivity index (χ1v) is 5.55. The second-order valence-corrected chi connectivity index (χ2v) is 4.43. The van der Waals surface area contributed by atoms with Gasteiger partial charge in [-0.15, -0.1) is 0 Å². The maximum atomic E-state index is 5.22. The van der Waals surface area contributed by atoms with Crippen molar-refractivity contribution in [2.45, 2.75) is 20.4 Å². The summed E-state index contributed by atoms with van der Waals surface area (Å²) in [7, 11) is 1.71. The molecule has 0 saturated carbocycles. The monoisotopic (exact) mass is 335 g/mol. The molecule has 0 aliphatic heterocycles. The standard InChI is InChI=1S/C11H14NOS.HI/c1-4-12-8(2)14-11-6-5-9(13-3)7-10(11)12;/h5-7H,4H2,1-3H3;1H/q+1;/p-1. The van der Waals surface area contributed by atoms with Gasteiger partial charge in [-0.25, -0.2) is 0 Å². The van der Waals surface area contributed by atoms with Gasteiger partial charge in [-0.05, 0) is 19.1 Å². The highest BCUT2D eigenvalue weighted by molar-refractivity contribution is 7.18. The zero-order valence-corrected chi connectivity index (χ0v) is 12.1. The Morgan fingerprint density at radius 2 is 2.13 bits per heavy atom. The van der Waals surface area contributed by atoms with Gasteiger partial charge in [0.25, 0.3) is 0 Å². The Hall–Kier alpha value is -0.360. The van der Waals surface area contributed by atoms with Crippen LogP contribution in [-0.2, 0) is 6.54 Å². The Balaban J connectivity index is 0.00000112. The van der Waals surface area contributed by atoms with Crippen molar-refractivity contribution in [3.05, 3.63) is 23.2 Å². The lowest BCUT2D eigenvalue weighted by atomic mass is 10.3. The summed E-state index contributed by atoms with van der Waals surface area (Å²) in [5.74, 6) is 0.928. The molecule has 82 valence electrons. The fraction of sp³-hybridized carbons (Fsp3) is 0.364. The molecule has 0 aliphatic rings. The molecule has 0 saturated heterocycles. The van der Waals surface area contributed by atoms with E-state index in [2.05, 4.69) is 30.5 Å². The van der Waals surface area contributed by atoms with E-state index in [0.717, 1.165) is 12.3 Å². The highest BCUT2D eigenvalue weighted by Crippen LogP contribution is 2.24. The highest BCUT2D eigenvalue weighted by Gasteiger charge is 2.15. The quantitative estimate of drug-likeness (QED) is 0.534. The molecular weight excluding hydrogens is 321 g/mol. The molecule has 2 rings (SSSR count). The van der Waals surface area contributed by atoms with Crippen LogP contribution in [0.1, 0.15) is 11.9 Å². The van der Waals surface area contributed by atoms with Gasteiger partial charge in [0, 0.05) is 6.92 Å². The number of rotatable bonds is 2. The van der Waals surface area contributed by atoms with Crippen LogP contribution in [0.3, 0.4) is 0 Å². The van der Waals surface area contributed by atoms with Crippen molar-refractivity contribution in [1.82, 2.24) is 0 Å². The number of benzene rings is 1. The molecule has 0 atom stereocenters. The maximum absolute atomic E-state index is 5.22. The number of nitrogens with zero attached hydrogens (tertiary/aromatic N) is 1. The molecular formula is C11H14INOS. The van der Waals surface area contributed by atoms with Crippen molar-refractivity contribution in [2.75, 3.05) is 7.11 Å². The summed E-state index contributed by atoms with van der Waals surface area (Å²) in [4.78, 5) is 0. The fourth-order valence-electron chi connectivity index (χ4n) is 1.70. The highest BCUT2D eigenvalue weighted by atomic mass is 127. The van der Waals surface area contributed by atoms with Crippen LogP contribution in [0.4, 0.5) is 0 Å². The second-order valence-electron chi connectivity index (χ2n) is 3.20. The number of aryl methyl sites for hydroxylation is 2. The van der Waals surface area contributed by atoms with Gasteiger partial charge in [-0.3, -0.25) is 0 Å². The molecule has 0 unspecified atom stereocenters. The van der Waals surface area contributed by atoms with Crippen molar-refractivity contribution in [3.63, 3.8) is 0 Å². The molecule has 1 aromatic carbocycles. The molecule has 1 aromatic heterocycles. The lowest BCUT2D eigenvalue weighted by Crippen LogP contribution is -3.00. The van der Waals surface area contributed by atoms with Gasteiger partial charge < -0.3 is 28.7 Å². The van der Waals surface area contributed by atoms with Gasteiger partial charge in [0.1, 0.15) is 17.0 Å². The van der Waals surface area contributed by atoms with E-state index in [0.29, 0.717) is 0 Å². The van der Waals surface area contributed by atoms with Crippen molar-refractivity contribution in [1.29, 1.82) is 0 Å². The average Bonchev–Trinajstić information content (AvgIpc) is 2.52. The van der Waals surface area contributed by atoms with Crippen LogP contribution in [-0.4, -0.2) is 7.11 Å². The van der Waals surface area contributed by atoms with Crippen molar-refractivity contribution < 1.29 is 33.3 Å². The van der Waals surface area contributed by atoms with Crippen molar-refractivity contribution in [3.8, 4) is 5.75 Å². The first-order valence-electron chi connectivity index (χ1n) is 4.73. The van der Waals surface area contributed by atoms with Gasteiger partial charge in [0.2, 0.25) is 10.5 Å². The van der Waals surface area contributed by atoms with Crippen LogP contribution >= 0.6 is 11.3 Å². The first-order chi connectivity index (χ1) is 6.76. The predicted octanol–water partition coefficient (Wildman–Crippen LogP) is -0.470. The minimum atomic E-state index is 0. The average molecular weight is 335 g/mol. The Labute approximate surface area is 111 Å². The number of thiazole rings is 1. The van der Waals surface area contributed by atoms with Crippen LogP contribution in [0.5, 0.6) is 5.75 Å². The van der Waals surface area contributed by atoms with Gasteiger partial charge in [-0.1, -0.05) is 11.3 Å². The number of fused-ring (bicyclic) bond motifs is 1. The van der Waals surface area contributed by atoms with Crippen LogP contribution in [0.25, 0.3) is 10.2 Å². The topological polar surface area (TPSA) is 13.1 Å². The van der Waals surface area contributed by atoms with E-state index >= 15 is 0 Å². The second kappa shape index (κ2) is 5.12. The van der Waals surface area contributed by atoms with E-state index in [9.17, 15) is 0 Å². The number of hydrogen-bond donors (Lipinski definition) is 0. The van der Waals surface area contributed by atoms with Crippen LogP contribution in [0.2, 0.25) is 0 Å². The first kappa shape index (κ1) is 12.7. The third-order valence-electron chi connectivity index (χ3n) is 2.41. The molecule has 0 aliphatic carbocycles. The lowest BCUT2D eigenvalue weighted by Gasteiger charge is -1.96. The lowest BCUT2D eigenvalue weighted by molar-refractivity contribution is -0.669. The minimum absolute atomic E-state index is 0. The van der Waals surface area contributed by atoms with Crippen LogP contribution in [0, 0.1) is 6.92 Å². The van der Waals surface area contributed by atoms with Gasteiger partial charge in [0.05, 0.1) is 13.2 Å². The molecule has 2 aromatic rings. The summed E-state index contributed by atoms with van der Waals surface area (Å²) in [6.07, 6.45) is 0. The summed E-state index contributed by atoms with van der Waals surface area (Å²) in [6.45, 7) is 5.33. The van der Waals surface area contributed by atoms with Crippen molar-refractivity contribution >= 4 is 21.6 Å². The van der Waals surface area contributed by atoms with E-state index in [1.165, 1.54) is 15.2 Å². The zero-order chi connectivity index (χ0) is 10.1. The molecule has 0 bridgehead atoms. The summed E-state index contributed by atoms with van der Waals surface area (Å²) in [5.41, 5.74) is 1.27. The third-order valence-corrected chi connectivity index (χ3v) is 3.49. The third kappa shape index (κ3) is 2.25. The molecule has 0 N–H and O–H groups in total. The molecule has 0 amide bonds. The number of halogens is 1. The molecule has 0 spiro atoms. The summed E-state index contributed by atoms with van der Waals surface area (Å²) >= 11 is 1.83.